The van der Waals surface area contributed by atoms with Crippen LogP contribution in [0.5, 0.6) is 17.2 Å². The Hall–Kier alpha value is -3.66. The molecule has 30 heavy (non-hydrogen) atoms. The molecule has 1 atom stereocenters. The molecule has 3 rings (SSSR count). The number of hydrogen-bond donors (Lipinski definition) is 2. The second-order valence-corrected chi connectivity index (χ2v) is 6.90. The number of carbonyl (C=O) groups excluding carboxylic acids is 1. The van der Waals surface area contributed by atoms with Gasteiger partial charge in [0.15, 0.2) is 11.5 Å². The van der Waals surface area contributed by atoms with E-state index in [9.17, 15) is 10.1 Å². The van der Waals surface area contributed by atoms with Crippen molar-refractivity contribution < 1.29 is 19.0 Å². The minimum Gasteiger partial charge on any atom is -0.494 e. The van der Waals surface area contributed by atoms with Gasteiger partial charge in [0.2, 0.25) is 6.79 Å². The summed E-state index contributed by atoms with van der Waals surface area (Å²) in [5.41, 5.74) is 2.92. The second kappa shape index (κ2) is 9.70. The molecule has 2 N–H and O–H groups in total. The van der Waals surface area contributed by atoms with Crippen molar-refractivity contribution in [1.29, 1.82) is 5.26 Å². The zero-order chi connectivity index (χ0) is 21.5. The van der Waals surface area contributed by atoms with Gasteiger partial charge in [0.05, 0.1) is 12.6 Å². The molecule has 156 valence electrons. The van der Waals surface area contributed by atoms with E-state index in [4.69, 9.17) is 14.2 Å². The molecule has 0 fully saturated rings. The van der Waals surface area contributed by atoms with E-state index in [2.05, 4.69) is 10.6 Å². The molecule has 0 saturated carbocycles. The summed E-state index contributed by atoms with van der Waals surface area (Å²) in [4.78, 5) is 12.4. The van der Waals surface area contributed by atoms with Crippen LogP contribution in [0.25, 0.3) is 0 Å². The van der Waals surface area contributed by atoms with Crippen molar-refractivity contribution in [3.63, 3.8) is 0 Å². The van der Waals surface area contributed by atoms with E-state index < -0.39 is 5.91 Å². The van der Waals surface area contributed by atoms with Crippen LogP contribution in [0.15, 0.2) is 48.2 Å². The lowest BCUT2D eigenvalue weighted by Gasteiger charge is -2.18. The third-order valence-corrected chi connectivity index (χ3v) is 4.66. The molecule has 7 heteroatoms. The first-order valence-corrected chi connectivity index (χ1v) is 9.78. The Morgan fingerprint density at radius 1 is 1.27 bits per heavy atom. The maximum atomic E-state index is 12.4. The van der Waals surface area contributed by atoms with Gasteiger partial charge in [0.25, 0.3) is 5.91 Å². The molecular formula is C23H25N3O4. The van der Waals surface area contributed by atoms with Gasteiger partial charge in [-0.1, -0.05) is 23.8 Å². The molecule has 1 aliphatic rings. The predicted molar refractivity (Wildman–Crippen MR) is 112 cm³/mol. The number of ether oxygens (including phenoxy) is 3. The fourth-order valence-electron chi connectivity index (χ4n) is 3.07. The van der Waals surface area contributed by atoms with Gasteiger partial charge in [0, 0.05) is 18.3 Å². The van der Waals surface area contributed by atoms with Crippen LogP contribution in [0.3, 0.4) is 0 Å². The number of rotatable bonds is 8. The minimum absolute atomic E-state index is 0.00629. The van der Waals surface area contributed by atoms with E-state index >= 15 is 0 Å². The monoisotopic (exact) mass is 407 g/mol. The van der Waals surface area contributed by atoms with Crippen LogP contribution >= 0.6 is 0 Å². The fourth-order valence-corrected chi connectivity index (χ4v) is 3.07. The van der Waals surface area contributed by atoms with E-state index in [1.54, 1.807) is 6.07 Å². The molecule has 0 aliphatic carbocycles. The predicted octanol–water partition coefficient (Wildman–Crippen LogP) is 3.50. The largest absolute Gasteiger partial charge is 0.494 e. The molecular weight excluding hydrogens is 382 g/mol. The Kier molecular flexibility index (Phi) is 6.81. The lowest BCUT2D eigenvalue weighted by Crippen LogP contribution is -2.25. The number of amides is 1. The Balaban J connectivity index is 1.63. The summed E-state index contributed by atoms with van der Waals surface area (Å²) in [5, 5.41) is 15.3. The molecule has 1 aliphatic heterocycles. The summed E-state index contributed by atoms with van der Waals surface area (Å²) in [6, 6.07) is 13.2. The fraction of sp³-hybridized carbons (Fsp3) is 0.304. The quantitative estimate of drug-likeness (QED) is 0.514. The smallest absolute Gasteiger partial charge is 0.263 e. The summed E-state index contributed by atoms with van der Waals surface area (Å²) in [7, 11) is 0. The molecule has 1 unspecified atom stereocenters. The Morgan fingerprint density at radius 2 is 2.07 bits per heavy atom. The standard InChI is InChI=1S/C23H25N3O4/c1-4-28-20-7-5-15(2)9-19(20)16(3)25-13-18(11-24)23(27)26-12-17-6-8-21-22(10-17)30-14-29-21/h5-10,13,16,25H,4,12,14H2,1-3H3,(H,26,27)/b18-13-. The molecule has 7 nitrogen and oxygen atoms in total. The van der Waals surface area contributed by atoms with Crippen LogP contribution in [0.4, 0.5) is 0 Å². The van der Waals surface area contributed by atoms with Crippen LogP contribution in [0.1, 0.15) is 36.6 Å². The van der Waals surface area contributed by atoms with E-state index in [-0.39, 0.29) is 25.0 Å². The Morgan fingerprint density at radius 3 is 2.83 bits per heavy atom. The molecule has 0 saturated heterocycles. The van der Waals surface area contributed by atoms with Crippen molar-refractivity contribution in [2.24, 2.45) is 0 Å². The van der Waals surface area contributed by atoms with Gasteiger partial charge in [-0.15, -0.1) is 0 Å². The van der Waals surface area contributed by atoms with Crippen molar-refractivity contribution in [2.75, 3.05) is 13.4 Å². The first-order valence-electron chi connectivity index (χ1n) is 9.78. The molecule has 0 radical (unpaired) electrons. The molecule has 0 spiro atoms. The summed E-state index contributed by atoms with van der Waals surface area (Å²) >= 11 is 0. The second-order valence-electron chi connectivity index (χ2n) is 6.90. The number of carbonyl (C=O) groups is 1. The van der Waals surface area contributed by atoms with Crippen LogP contribution in [-0.4, -0.2) is 19.3 Å². The van der Waals surface area contributed by atoms with Crippen molar-refractivity contribution in [3.8, 4) is 23.3 Å². The number of aryl methyl sites for hydroxylation is 1. The Bertz CT molecular complexity index is 994. The lowest BCUT2D eigenvalue weighted by molar-refractivity contribution is -0.117. The minimum atomic E-state index is -0.454. The normalized spacial score (nSPS) is 13.3. The van der Waals surface area contributed by atoms with E-state index in [0.29, 0.717) is 18.1 Å². The summed E-state index contributed by atoms with van der Waals surface area (Å²) in [6.07, 6.45) is 1.44. The first kappa shape index (κ1) is 21.1. The highest BCUT2D eigenvalue weighted by atomic mass is 16.7. The topological polar surface area (TPSA) is 92.6 Å². The van der Waals surface area contributed by atoms with Gasteiger partial charge in [-0.25, -0.2) is 0 Å². The summed E-state index contributed by atoms with van der Waals surface area (Å²) in [5.74, 6) is 1.66. The molecule has 0 aromatic heterocycles. The summed E-state index contributed by atoms with van der Waals surface area (Å²) < 4.78 is 16.3. The lowest BCUT2D eigenvalue weighted by atomic mass is 10.0. The van der Waals surface area contributed by atoms with Crippen LogP contribution in [-0.2, 0) is 11.3 Å². The first-order chi connectivity index (χ1) is 14.5. The van der Waals surface area contributed by atoms with Gasteiger partial charge in [-0.05, 0) is 44.5 Å². The molecule has 0 bridgehead atoms. The van der Waals surface area contributed by atoms with Crippen LogP contribution in [0.2, 0.25) is 0 Å². The average molecular weight is 407 g/mol. The highest BCUT2D eigenvalue weighted by molar-refractivity contribution is 5.97. The van der Waals surface area contributed by atoms with Crippen molar-refractivity contribution >= 4 is 5.91 Å². The Labute approximate surface area is 176 Å². The third kappa shape index (κ3) is 5.03. The average Bonchev–Trinajstić information content (AvgIpc) is 3.21. The zero-order valence-corrected chi connectivity index (χ0v) is 17.3. The van der Waals surface area contributed by atoms with E-state index in [1.165, 1.54) is 6.20 Å². The van der Waals surface area contributed by atoms with Crippen LogP contribution < -0.4 is 24.8 Å². The number of benzene rings is 2. The number of nitrogens with one attached hydrogen (secondary N) is 2. The number of nitriles is 1. The molecule has 1 amide bonds. The third-order valence-electron chi connectivity index (χ3n) is 4.66. The SMILES string of the molecule is CCOc1ccc(C)cc1C(C)N/C=C(/C#N)C(=O)NCc1ccc2c(c1)OCO2. The molecule has 2 aromatic rings. The van der Waals surface area contributed by atoms with Gasteiger partial charge in [-0.2, -0.15) is 5.26 Å². The van der Waals surface area contributed by atoms with Crippen molar-refractivity contribution in [1.82, 2.24) is 10.6 Å². The van der Waals surface area contributed by atoms with E-state index in [1.807, 2.05) is 57.2 Å². The maximum Gasteiger partial charge on any atom is 0.263 e. The highest BCUT2D eigenvalue weighted by Gasteiger charge is 2.15. The summed E-state index contributed by atoms with van der Waals surface area (Å²) in [6.45, 7) is 6.92. The van der Waals surface area contributed by atoms with Gasteiger partial charge in [-0.3, -0.25) is 4.79 Å². The van der Waals surface area contributed by atoms with Crippen LogP contribution in [0, 0.1) is 18.3 Å². The zero-order valence-electron chi connectivity index (χ0n) is 17.3. The maximum absolute atomic E-state index is 12.4. The highest BCUT2D eigenvalue weighted by Crippen LogP contribution is 2.32. The molecule has 1 heterocycles. The van der Waals surface area contributed by atoms with Crippen molar-refractivity contribution in [3.05, 3.63) is 64.9 Å². The number of fused-ring (bicyclic) bond motifs is 1. The van der Waals surface area contributed by atoms with Gasteiger partial charge < -0.3 is 24.8 Å². The number of hydrogen-bond acceptors (Lipinski definition) is 6. The number of nitrogens with zero attached hydrogens (tertiary/aromatic N) is 1. The molecule has 2 aromatic carbocycles. The van der Waals surface area contributed by atoms with Gasteiger partial charge in [0.1, 0.15) is 17.4 Å². The van der Waals surface area contributed by atoms with E-state index in [0.717, 1.165) is 22.4 Å². The van der Waals surface area contributed by atoms with Crippen molar-refractivity contribution in [2.45, 2.75) is 33.4 Å². The van der Waals surface area contributed by atoms with Gasteiger partial charge >= 0.3 is 0 Å².